The maximum absolute atomic E-state index is 13.3. The molecule has 0 bridgehead atoms. The van der Waals surface area contributed by atoms with Crippen molar-refractivity contribution in [3.8, 4) is 5.75 Å². The van der Waals surface area contributed by atoms with Crippen molar-refractivity contribution in [3.63, 3.8) is 0 Å². The number of carbonyl (C=O) groups is 1. The van der Waals surface area contributed by atoms with Crippen molar-refractivity contribution in [3.05, 3.63) is 94.8 Å². The van der Waals surface area contributed by atoms with Gasteiger partial charge in [0.25, 0.3) is 5.91 Å². The predicted molar refractivity (Wildman–Crippen MR) is 120 cm³/mol. The van der Waals surface area contributed by atoms with Gasteiger partial charge in [-0.25, -0.2) is 17.5 Å². The van der Waals surface area contributed by atoms with E-state index in [9.17, 15) is 17.6 Å². The molecule has 3 rings (SSSR count). The summed E-state index contributed by atoms with van der Waals surface area (Å²) in [5.74, 6) is -0.0954. The summed E-state index contributed by atoms with van der Waals surface area (Å²) < 4.78 is 46.5. The molecule has 0 heterocycles. The molecule has 3 aromatic carbocycles. The average Bonchev–Trinajstić information content (AvgIpc) is 2.77. The van der Waals surface area contributed by atoms with Crippen LogP contribution in [0.1, 0.15) is 22.3 Å². The largest absolute Gasteiger partial charge is 0.483 e. The topological polar surface area (TPSA) is 84.5 Å². The van der Waals surface area contributed by atoms with Crippen molar-refractivity contribution in [1.82, 2.24) is 10.0 Å². The van der Waals surface area contributed by atoms with Crippen LogP contribution in [-0.2, 0) is 27.9 Å². The summed E-state index contributed by atoms with van der Waals surface area (Å²) in [6.07, 6.45) is 0. The molecule has 0 radical (unpaired) electrons. The van der Waals surface area contributed by atoms with E-state index in [-0.39, 0.29) is 30.5 Å². The monoisotopic (exact) mass is 456 g/mol. The molecular weight excluding hydrogens is 431 g/mol. The Morgan fingerprint density at radius 3 is 2.41 bits per heavy atom. The molecule has 0 aliphatic heterocycles. The van der Waals surface area contributed by atoms with Crippen molar-refractivity contribution in [2.75, 3.05) is 6.61 Å². The Labute approximate surface area is 187 Å². The van der Waals surface area contributed by atoms with Crippen LogP contribution in [0.5, 0.6) is 5.75 Å². The van der Waals surface area contributed by atoms with Crippen LogP contribution in [0.3, 0.4) is 0 Å². The summed E-state index contributed by atoms with van der Waals surface area (Å²) in [5.41, 5.74) is 3.11. The molecule has 0 spiro atoms. The van der Waals surface area contributed by atoms with Gasteiger partial charge in [0.1, 0.15) is 11.6 Å². The first kappa shape index (κ1) is 23.4. The van der Waals surface area contributed by atoms with Crippen LogP contribution in [0, 0.1) is 19.7 Å². The summed E-state index contributed by atoms with van der Waals surface area (Å²) in [6.45, 7) is 3.83. The Morgan fingerprint density at radius 1 is 0.938 bits per heavy atom. The van der Waals surface area contributed by atoms with E-state index in [0.29, 0.717) is 16.9 Å². The highest BCUT2D eigenvalue weighted by atomic mass is 32.2. The Bertz CT molecular complexity index is 1210. The van der Waals surface area contributed by atoms with Gasteiger partial charge in [-0.05, 0) is 66.4 Å². The zero-order valence-electron chi connectivity index (χ0n) is 17.9. The summed E-state index contributed by atoms with van der Waals surface area (Å²) in [6, 6.07) is 17.8. The van der Waals surface area contributed by atoms with Gasteiger partial charge in [-0.2, -0.15) is 0 Å². The smallest absolute Gasteiger partial charge is 0.258 e. The third-order valence-electron chi connectivity index (χ3n) is 4.76. The number of nitrogens with one attached hydrogen (secondary N) is 2. The number of halogens is 1. The number of carbonyl (C=O) groups excluding carboxylic acids is 1. The van der Waals surface area contributed by atoms with E-state index < -0.39 is 15.8 Å². The average molecular weight is 457 g/mol. The highest BCUT2D eigenvalue weighted by Gasteiger charge is 2.15. The summed E-state index contributed by atoms with van der Waals surface area (Å²) in [5, 5.41) is 2.73. The van der Waals surface area contributed by atoms with Crippen molar-refractivity contribution in [2.45, 2.75) is 31.8 Å². The third-order valence-corrected chi connectivity index (χ3v) is 6.16. The molecule has 3 aromatic rings. The van der Waals surface area contributed by atoms with E-state index in [1.807, 2.05) is 32.0 Å². The number of hydrogen-bond donors (Lipinski definition) is 2. The zero-order chi connectivity index (χ0) is 23.1. The number of amides is 1. The Kier molecular flexibility index (Phi) is 7.61. The van der Waals surface area contributed by atoms with E-state index in [0.717, 1.165) is 11.1 Å². The lowest BCUT2D eigenvalue weighted by Crippen LogP contribution is -2.28. The minimum atomic E-state index is -3.80. The van der Waals surface area contributed by atoms with Gasteiger partial charge in [0.05, 0.1) is 4.90 Å². The highest BCUT2D eigenvalue weighted by molar-refractivity contribution is 7.89. The zero-order valence-corrected chi connectivity index (χ0v) is 18.7. The van der Waals surface area contributed by atoms with Crippen LogP contribution in [0.15, 0.2) is 71.6 Å². The normalized spacial score (nSPS) is 11.2. The number of sulfonamides is 1. The lowest BCUT2D eigenvalue weighted by molar-refractivity contribution is -0.123. The SMILES string of the molecule is Cc1ccc(C)c(OCC(=O)NCc2cccc(S(=O)(=O)NCc3cccc(F)c3)c2)c1. The van der Waals surface area contributed by atoms with E-state index in [4.69, 9.17) is 4.74 Å². The molecule has 0 aliphatic carbocycles. The Hall–Kier alpha value is -3.23. The van der Waals surface area contributed by atoms with Gasteiger partial charge >= 0.3 is 0 Å². The molecule has 6 nitrogen and oxygen atoms in total. The van der Waals surface area contributed by atoms with Gasteiger partial charge in [-0.1, -0.05) is 36.4 Å². The second kappa shape index (κ2) is 10.4. The molecule has 0 unspecified atom stereocenters. The van der Waals surface area contributed by atoms with Crippen molar-refractivity contribution in [2.24, 2.45) is 0 Å². The van der Waals surface area contributed by atoms with E-state index >= 15 is 0 Å². The minimum Gasteiger partial charge on any atom is -0.483 e. The second-order valence-electron chi connectivity index (χ2n) is 7.44. The molecule has 32 heavy (non-hydrogen) atoms. The number of aryl methyl sites for hydroxylation is 2. The second-order valence-corrected chi connectivity index (χ2v) is 9.20. The highest BCUT2D eigenvalue weighted by Crippen LogP contribution is 2.19. The standard InChI is InChI=1S/C24H25FN2O4S/c1-17-9-10-18(2)23(11-17)31-16-24(28)26-14-20-6-4-8-22(13-20)32(29,30)27-15-19-5-3-7-21(25)12-19/h3-13,27H,14-16H2,1-2H3,(H,26,28). The number of benzene rings is 3. The first-order valence-electron chi connectivity index (χ1n) is 10.0. The number of rotatable bonds is 9. The van der Waals surface area contributed by atoms with Gasteiger partial charge < -0.3 is 10.1 Å². The molecule has 1 amide bonds. The number of ether oxygens (including phenoxy) is 1. The van der Waals surface area contributed by atoms with Gasteiger partial charge in [0.2, 0.25) is 10.0 Å². The van der Waals surface area contributed by atoms with E-state index in [1.54, 1.807) is 18.2 Å². The van der Waals surface area contributed by atoms with Crippen LogP contribution in [0.25, 0.3) is 0 Å². The molecular formula is C24H25FN2O4S. The van der Waals surface area contributed by atoms with Crippen LogP contribution < -0.4 is 14.8 Å². The lowest BCUT2D eigenvalue weighted by atomic mass is 10.1. The summed E-state index contributed by atoms with van der Waals surface area (Å²) in [7, 11) is -3.80. The molecule has 0 saturated carbocycles. The maximum atomic E-state index is 13.3. The van der Waals surface area contributed by atoms with Gasteiger partial charge in [-0.15, -0.1) is 0 Å². The fourth-order valence-corrected chi connectivity index (χ4v) is 4.08. The fourth-order valence-electron chi connectivity index (χ4n) is 2.99. The molecule has 168 valence electrons. The van der Waals surface area contributed by atoms with Crippen molar-refractivity contribution < 1.29 is 22.3 Å². The molecule has 0 fully saturated rings. The minimum absolute atomic E-state index is 0.0310. The predicted octanol–water partition coefficient (Wildman–Crippen LogP) is 3.62. The van der Waals surface area contributed by atoms with Crippen molar-refractivity contribution >= 4 is 15.9 Å². The summed E-state index contributed by atoms with van der Waals surface area (Å²) >= 11 is 0. The fraction of sp³-hybridized carbons (Fsp3) is 0.208. The van der Waals surface area contributed by atoms with Crippen molar-refractivity contribution in [1.29, 1.82) is 0 Å². The molecule has 2 N–H and O–H groups in total. The molecule has 0 aliphatic rings. The molecule has 0 aromatic heterocycles. The summed E-state index contributed by atoms with van der Waals surface area (Å²) in [4.78, 5) is 12.2. The van der Waals surface area contributed by atoms with Gasteiger partial charge in [0.15, 0.2) is 6.61 Å². The van der Waals surface area contributed by atoms with Gasteiger partial charge in [0, 0.05) is 13.1 Å². The quantitative estimate of drug-likeness (QED) is 0.515. The first-order chi connectivity index (χ1) is 15.2. The number of hydrogen-bond acceptors (Lipinski definition) is 4. The van der Waals surface area contributed by atoms with E-state index in [2.05, 4.69) is 10.0 Å². The Morgan fingerprint density at radius 2 is 1.66 bits per heavy atom. The first-order valence-corrected chi connectivity index (χ1v) is 11.5. The van der Waals surface area contributed by atoms with Gasteiger partial charge in [-0.3, -0.25) is 4.79 Å². The maximum Gasteiger partial charge on any atom is 0.258 e. The molecule has 0 saturated heterocycles. The lowest BCUT2D eigenvalue weighted by Gasteiger charge is -2.11. The van der Waals surface area contributed by atoms with Crippen LogP contribution >= 0.6 is 0 Å². The van der Waals surface area contributed by atoms with Crippen LogP contribution in [0.2, 0.25) is 0 Å². The van der Waals surface area contributed by atoms with E-state index in [1.165, 1.54) is 30.3 Å². The third kappa shape index (κ3) is 6.63. The Balaban J connectivity index is 1.55. The van der Waals surface area contributed by atoms with Crippen LogP contribution in [-0.4, -0.2) is 20.9 Å². The molecule has 0 atom stereocenters. The molecule has 8 heteroatoms. The van der Waals surface area contributed by atoms with Crippen LogP contribution in [0.4, 0.5) is 4.39 Å².